The van der Waals surface area contributed by atoms with Crippen molar-refractivity contribution in [3.8, 4) is 0 Å². The number of rotatable bonds is 1. The van der Waals surface area contributed by atoms with E-state index in [1.807, 2.05) is 0 Å². The van der Waals surface area contributed by atoms with Crippen LogP contribution in [-0.4, -0.2) is 25.8 Å². The summed E-state index contributed by atoms with van der Waals surface area (Å²) in [4.78, 5) is 0. The molecule has 0 rings (SSSR count). The van der Waals surface area contributed by atoms with Crippen LogP contribution in [0.15, 0.2) is 0 Å². The molecule has 5 heavy (non-hydrogen) atoms. The monoisotopic (exact) mass is 265 g/mol. The van der Waals surface area contributed by atoms with Crippen LogP contribution in [0.25, 0.3) is 0 Å². The summed E-state index contributed by atoms with van der Waals surface area (Å²) in [7, 11) is 0. The predicted molar refractivity (Wildman–Crippen MR) is 25.5 cm³/mol. The van der Waals surface area contributed by atoms with Gasteiger partial charge in [0.15, 0.2) is 0 Å². The van der Waals surface area contributed by atoms with Gasteiger partial charge in [-0.1, -0.05) is 0 Å². The predicted octanol–water partition coefficient (Wildman–Crippen LogP) is 1.37. The number of hydrogen-bond acceptors (Lipinski definition) is 0. The van der Waals surface area contributed by atoms with Crippen LogP contribution >= 0.6 is 0 Å². The Morgan fingerprint density at radius 2 is 2.00 bits per heavy atom. The molecule has 0 bridgehead atoms. The molecule has 3 radical (unpaired) electrons. The first-order valence-corrected chi connectivity index (χ1v) is 4.23. The van der Waals surface area contributed by atoms with Gasteiger partial charge in [0.05, 0.1) is 0 Å². The van der Waals surface area contributed by atoms with Crippen LogP contribution in [0.3, 0.4) is 0 Å². The Morgan fingerprint density at radius 1 is 1.80 bits per heavy atom. The van der Waals surface area contributed by atoms with Gasteiger partial charge in [0, 0.05) is 0 Å². The second-order valence-electron chi connectivity index (χ2n) is 1.31. The van der Waals surface area contributed by atoms with E-state index in [9.17, 15) is 0 Å². The Labute approximate surface area is 49.6 Å². The molecule has 0 aliphatic carbocycles. The summed E-state index contributed by atoms with van der Waals surface area (Å²) >= 11 is 1.37. The van der Waals surface area contributed by atoms with Crippen LogP contribution in [-0.2, 0) is 0 Å². The van der Waals surface area contributed by atoms with Gasteiger partial charge in [-0.3, -0.25) is 0 Å². The van der Waals surface area contributed by atoms with Crippen LogP contribution in [0.4, 0.5) is 0 Å². The fourth-order valence-corrected chi connectivity index (χ4v) is 0. The molecule has 0 aromatic carbocycles. The molecule has 0 N–H and O–H groups in total. The second-order valence-corrected chi connectivity index (χ2v) is 5.14. The Bertz CT molecular complexity index is 17.6. The molecule has 0 spiro atoms. The standard InChI is InChI=1S/C4H9.Pb/c1-3-4-2;/h3H,4H2,1-2H3;. The third kappa shape index (κ3) is 4.92. The van der Waals surface area contributed by atoms with Crippen molar-refractivity contribution < 1.29 is 0 Å². The average molecular weight is 264 g/mol. The summed E-state index contributed by atoms with van der Waals surface area (Å²) in [6, 6.07) is 0. The van der Waals surface area contributed by atoms with Crippen molar-refractivity contribution in [2.45, 2.75) is 23.7 Å². The molecular weight excluding hydrogens is 255 g/mol. The molecule has 0 fully saturated rings. The minimum atomic E-state index is 1.02. The van der Waals surface area contributed by atoms with Crippen molar-refractivity contribution in [3.05, 3.63) is 0 Å². The van der Waals surface area contributed by atoms with Crippen LogP contribution in [0, 0.1) is 0 Å². The maximum absolute atomic E-state index is 2.28. The van der Waals surface area contributed by atoms with Gasteiger partial charge in [0.2, 0.25) is 0 Å². The van der Waals surface area contributed by atoms with Crippen molar-refractivity contribution in [2.24, 2.45) is 0 Å². The van der Waals surface area contributed by atoms with E-state index in [1.165, 1.54) is 32.2 Å². The minimum absolute atomic E-state index is 1.02. The molecule has 29 valence electrons. The second kappa shape index (κ2) is 3.13. The quantitative estimate of drug-likeness (QED) is 0.628. The van der Waals surface area contributed by atoms with Crippen LogP contribution in [0.5, 0.6) is 0 Å². The average Bonchev–Trinajstić information content (AvgIpc) is 1.38. The third-order valence-corrected chi connectivity index (χ3v) is 2.20. The van der Waals surface area contributed by atoms with Gasteiger partial charge in [-0.15, -0.1) is 0 Å². The molecule has 0 aliphatic heterocycles. The van der Waals surface area contributed by atoms with Crippen LogP contribution in [0.2, 0.25) is 3.48 Å². The van der Waals surface area contributed by atoms with E-state index < -0.39 is 0 Å². The van der Waals surface area contributed by atoms with Crippen molar-refractivity contribution in [1.29, 1.82) is 0 Å². The molecule has 1 unspecified atom stereocenters. The zero-order chi connectivity index (χ0) is 4.28. The van der Waals surface area contributed by atoms with Gasteiger partial charge in [-0.25, -0.2) is 0 Å². The molecule has 0 aromatic heterocycles. The van der Waals surface area contributed by atoms with Gasteiger partial charge in [-0.05, 0) is 0 Å². The molecule has 0 saturated heterocycles. The Kier molecular flexibility index (Phi) is 3.70. The van der Waals surface area contributed by atoms with Crippen molar-refractivity contribution >= 4 is 25.8 Å². The summed E-state index contributed by atoms with van der Waals surface area (Å²) in [5, 5.41) is 0. The van der Waals surface area contributed by atoms with Gasteiger partial charge in [0.1, 0.15) is 0 Å². The van der Waals surface area contributed by atoms with Gasteiger partial charge in [-0.2, -0.15) is 0 Å². The van der Waals surface area contributed by atoms with Gasteiger partial charge >= 0.3 is 49.5 Å². The van der Waals surface area contributed by atoms with Crippen molar-refractivity contribution in [1.82, 2.24) is 0 Å². The SMILES string of the molecule is CC[CH](C)[Pb]. The molecule has 0 aromatic rings. The van der Waals surface area contributed by atoms with E-state index in [1.54, 1.807) is 0 Å². The first-order chi connectivity index (χ1) is 2.27. The molecule has 0 saturated carbocycles. The number of hydrogen-bond donors (Lipinski definition) is 0. The van der Waals surface area contributed by atoms with Crippen molar-refractivity contribution in [2.75, 3.05) is 0 Å². The maximum atomic E-state index is 2.28. The Morgan fingerprint density at radius 3 is 2.00 bits per heavy atom. The van der Waals surface area contributed by atoms with Crippen LogP contribution in [0.1, 0.15) is 20.3 Å². The first kappa shape index (κ1) is 5.92. The molecule has 0 amide bonds. The molecule has 0 heterocycles. The van der Waals surface area contributed by atoms with Gasteiger partial charge in [0.25, 0.3) is 0 Å². The van der Waals surface area contributed by atoms with E-state index in [0.717, 1.165) is 3.48 Å². The van der Waals surface area contributed by atoms with E-state index in [-0.39, 0.29) is 0 Å². The molecular formula is C4H9Pb. The van der Waals surface area contributed by atoms with E-state index in [0.29, 0.717) is 0 Å². The Balaban J connectivity index is 2.54. The summed E-state index contributed by atoms with van der Waals surface area (Å²) < 4.78 is 1.02. The normalized spacial score (nSPS) is 15.0. The fourth-order valence-electron chi connectivity index (χ4n) is 0. The van der Waals surface area contributed by atoms with Gasteiger partial charge < -0.3 is 0 Å². The summed E-state index contributed by atoms with van der Waals surface area (Å²) in [5.74, 6) is 0. The summed E-state index contributed by atoms with van der Waals surface area (Å²) in [6.45, 7) is 4.52. The topological polar surface area (TPSA) is 0 Å². The molecule has 1 atom stereocenters. The first-order valence-electron chi connectivity index (χ1n) is 1.98. The Hall–Kier alpha value is 0.922. The zero-order valence-corrected chi connectivity index (χ0v) is 7.67. The molecule has 1 heteroatoms. The van der Waals surface area contributed by atoms with E-state index in [2.05, 4.69) is 13.8 Å². The molecule has 0 aliphatic rings. The van der Waals surface area contributed by atoms with E-state index in [4.69, 9.17) is 0 Å². The third-order valence-electron chi connectivity index (χ3n) is 0.612. The zero-order valence-electron chi connectivity index (χ0n) is 3.78. The fraction of sp³-hybridized carbons (Fsp3) is 1.00. The van der Waals surface area contributed by atoms with E-state index >= 15 is 0 Å². The molecule has 0 nitrogen and oxygen atoms in total. The summed E-state index contributed by atoms with van der Waals surface area (Å²) in [5.41, 5.74) is 0. The van der Waals surface area contributed by atoms with Crippen LogP contribution < -0.4 is 0 Å². The van der Waals surface area contributed by atoms with Crippen molar-refractivity contribution in [3.63, 3.8) is 0 Å². The summed E-state index contributed by atoms with van der Waals surface area (Å²) in [6.07, 6.45) is 1.37.